The molecule has 0 saturated carbocycles. The van der Waals surface area contributed by atoms with Crippen LogP contribution < -0.4 is 10.2 Å². The molecule has 2 aliphatic heterocycles. The van der Waals surface area contributed by atoms with Gasteiger partial charge in [-0.2, -0.15) is 0 Å². The van der Waals surface area contributed by atoms with Crippen LogP contribution in [0, 0.1) is 13.8 Å². The summed E-state index contributed by atoms with van der Waals surface area (Å²) in [7, 11) is 0. The summed E-state index contributed by atoms with van der Waals surface area (Å²) in [6.45, 7) is 9.06. The van der Waals surface area contributed by atoms with Crippen LogP contribution in [0.3, 0.4) is 0 Å². The predicted octanol–water partition coefficient (Wildman–Crippen LogP) is 3.25. The molecule has 0 aliphatic carbocycles. The van der Waals surface area contributed by atoms with Gasteiger partial charge in [0.15, 0.2) is 0 Å². The summed E-state index contributed by atoms with van der Waals surface area (Å²) in [5.41, 5.74) is 5.42. The minimum Gasteiger partial charge on any atom is -0.381 e. The Labute approximate surface area is 172 Å². The van der Waals surface area contributed by atoms with Crippen molar-refractivity contribution in [3.63, 3.8) is 0 Å². The SMILES string of the molecule is Cc1cccc(N2CCN(C(=O)c3cncc(NCC4CCCO4)c3)CC2)c1C. The van der Waals surface area contributed by atoms with Crippen LogP contribution in [0.25, 0.3) is 0 Å². The molecule has 1 unspecified atom stereocenters. The summed E-state index contributed by atoms with van der Waals surface area (Å²) in [6.07, 6.45) is 5.90. The third-order valence-corrected chi connectivity index (χ3v) is 6.03. The molecule has 154 valence electrons. The molecule has 29 heavy (non-hydrogen) atoms. The van der Waals surface area contributed by atoms with Gasteiger partial charge in [0, 0.05) is 57.4 Å². The lowest BCUT2D eigenvalue weighted by Crippen LogP contribution is -2.49. The molecule has 1 aromatic carbocycles. The largest absolute Gasteiger partial charge is 0.381 e. The highest BCUT2D eigenvalue weighted by molar-refractivity contribution is 5.95. The predicted molar refractivity (Wildman–Crippen MR) is 116 cm³/mol. The number of nitrogens with zero attached hydrogens (tertiary/aromatic N) is 3. The zero-order valence-corrected chi connectivity index (χ0v) is 17.4. The summed E-state index contributed by atoms with van der Waals surface area (Å²) < 4.78 is 5.65. The van der Waals surface area contributed by atoms with Gasteiger partial charge in [-0.05, 0) is 49.9 Å². The first kappa shape index (κ1) is 19.7. The van der Waals surface area contributed by atoms with Crippen molar-refractivity contribution in [2.24, 2.45) is 0 Å². The van der Waals surface area contributed by atoms with E-state index in [2.05, 4.69) is 47.2 Å². The first-order valence-electron chi connectivity index (χ1n) is 10.5. The average Bonchev–Trinajstić information content (AvgIpc) is 3.28. The van der Waals surface area contributed by atoms with Gasteiger partial charge in [-0.15, -0.1) is 0 Å². The number of anilines is 2. The van der Waals surface area contributed by atoms with Crippen molar-refractivity contribution in [3.05, 3.63) is 53.3 Å². The third-order valence-electron chi connectivity index (χ3n) is 6.03. The molecule has 1 N–H and O–H groups in total. The van der Waals surface area contributed by atoms with Crippen molar-refractivity contribution in [1.29, 1.82) is 0 Å². The fourth-order valence-corrected chi connectivity index (χ4v) is 4.10. The number of rotatable bonds is 5. The second-order valence-electron chi connectivity index (χ2n) is 7.98. The van der Waals surface area contributed by atoms with E-state index < -0.39 is 0 Å². The highest BCUT2D eigenvalue weighted by Crippen LogP contribution is 2.24. The van der Waals surface area contributed by atoms with E-state index in [0.29, 0.717) is 5.56 Å². The van der Waals surface area contributed by atoms with E-state index in [1.807, 2.05) is 11.0 Å². The molecule has 2 aromatic rings. The van der Waals surface area contributed by atoms with Gasteiger partial charge in [0.25, 0.3) is 5.91 Å². The van der Waals surface area contributed by atoms with Crippen LogP contribution in [0.4, 0.5) is 11.4 Å². The molecular formula is C23H30N4O2. The molecule has 6 nitrogen and oxygen atoms in total. The lowest BCUT2D eigenvalue weighted by atomic mass is 10.1. The first-order valence-corrected chi connectivity index (χ1v) is 10.5. The van der Waals surface area contributed by atoms with E-state index >= 15 is 0 Å². The van der Waals surface area contributed by atoms with Crippen molar-refractivity contribution in [2.45, 2.75) is 32.8 Å². The summed E-state index contributed by atoms with van der Waals surface area (Å²) >= 11 is 0. The molecule has 1 amide bonds. The Hall–Kier alpha value is -2.60. The fraction of sp³-hybridized carbons (Fsp3) is 0.478. The quantitative estimate of drug-likeness (QED) is 0.844. The van der Waals surface area contributed by atoms with E-state index in [4.69, 9.17) is 4.74 Å². The highest BCUT2D eigenvalue weighted by atomic mass is 16.5. The number of benzene rings is 1. The van der Waals surface area contributed by atoms with Crippen LogP contribution in [0.1, 0.15) is 34.3 Å². The number of aryl methyl sites for hydroxylation is 1. The van der Waals surface area contributed by atoms with E-state index in [0.717, 1.165) is 57.9 Å². The Kier molecular flexibility index (Phi) is 6.00. The normalized spacial score (nSPS) is 19.4. The van der Waals surface area contributed by atoms with Crippen molar-refractivity contribution < 1.29 is 9.53 Å². The van der Waals surface area contributed by atoms with E-state index in [-0.39, 0.29) is 12.0 Å². The van der Waals surface area contributed by atoms with Gasteiger partial charge in [0.1, 0.15) is 0 Å². The van der Waals surface area contributed by atoms with E-state index in [9.17, 15) is 4.79 Å². The number of hydrogen-bond acceptors (Lipinski definition) is 5. The van der Waals surface area contributed by atoms with Crippen molar-refractivity contribution >= 4 is 17.3 Å². The maximum Gasteiger partial charge on any atom is 0.255 e. The number of aromatic nitrogens is 1. The second kappa shape index (κ2) is 8.82. The van der Waals surface area contributed by atoms with Crippen LogP contribution >= 0.6 is 0 Å². The Balaban J connectivity index is 1.35. The third kappa shape index (κ3) is 4.53. The van der Waals surface area contributed by atoms with Crippen LogP contribution in [0.5, 0.6) is 0 Å². The lowest BCUT2D eigenvalue weighted by Gasteiger charge is -2.37. The second-order valence-corrected chi connectivity index (χ2v) is 7.98. The molecule has 2 fully saturated rings. The molecule has 0 bridgehead atoms. The summed E-state index contributed by atoms with van der Waals surface area (Å²) in [5, 5.41) is 3.36. The Bertz CT molecular complexity index is 856. The zero-order chi connectivity index (χ0) is 20.2. The molecule has 0 radical (unpaired) electrons. The number of hydrogen-bond donors (Lipinski definition) is 1. The maximum absolute atomic E-state index is 13.0. The Morgan fingerprint density at radius 2 is 2.03 bits per heavy atom. The summed E-state index contributed by atoms with van der Waals surface area (Å²) in [6, 6.07) is 8.33. The monoisotopic (exact) mass is 394 g/mol. The number of piperazine rings is 1. The number of ether oxygens (including phenoxy) is 1. The Morgan fingerprint density at radius 1 is 1.21 bits per heavy atom. The minimum atomic E-state index is 0.0545. The molecule has 1 aromatic heterocycles. The number of nitrogens with one attached hydrogen (secondary N) is 1. The zero-order valence-electron chi connectivity index (χ0n) is 17.4. The molecular weight excluding hydrogens is 364 g/mol. The summed E-state index contributed by atoms with van der Waals surface area (Å²) in [4.78, 5) is 21.6. The number of pyridine rings is 1. The molecule has 4 rings (SSSR count). The van der Waals surface area contributed by atoms with Gasteiger partial charge in [0.05, 0.1) is 17.4 Å². The molecule has 6 heteroatoms. The van der Waals surface area contributed by atoms with E-state index in [1.54, 1.807) is 12.4 Å². The molecule has 0 spiro atoms. The highest BCUT2D eigenvalue weighted by Gasteiger charge is 2.24. The van der Waals surface area contributed by atoms with Crippen LogP contribution in [0.15, 0.2) is 36.7 Å². The van der Waals surface area contributed by atoms with Gasteiger partial charge in [-0.1, -0.05) is 12.1 Å². The molecule has 3 heterocycles. The molecule has 2 saturated heterocycles. The van der Waals surface area contributed by atoms with Crippen molar-refractivity contribution in [3.8, 4) is 0 Å². The van der Waals surface area contributed by atoms with Crippen LogP contribution in [0.2, 0.25) is 0 Å². The molecule has 1 atom stereocenters. The topological polar surface area (TPSA) is 57.7 Å². The van der Waals surface area contributed by atoms with Crippen molar-refractivity contribution in [2.75, 3.05) is 49.5 Å². The summed E-state index contributed by atoms with van der Waals surface area (Å²) in [5.74, 6) is 0.0545. The smallest absolute Gasteiger partial charge is 0.255 e. The average molecular weight is 395 g/mol. The number of carbonyl (C=O) groups excluding carboxylic acids is 1. The van der Waals surface area contributed by atoms with Crippen molar-refractivity contribution in [1.82, 2.24) is 9.88 Å². The number of amides is 1. The minimum absolute atomic E-state index is 0.0545. The van der Waals surface area contributed by atoms with Crippen LogP contribution in [-0.2, 0) is 4.74 Å². The van der Waals surface area contributed by atoms with Gasteiger partial charge in [-0.25, -0.2) is 0 Å². The number of carbonyl (C=O) groups is 1. The van der Waals surface area contributed by atoms with Gasteiger partial charge in [0.2, 0.25) is 0 Å². The van der Waals surface area contributed by atoms with Gasteiger partial charge >= 0.3 is 0 Å². The van der Waals surface area contributed by atoms with Gasteiger partial charge in [-0.3, -0.25) is 9.78 Å². The maximum atomic E-state index is 13.0. The Morgan fingerprint density at radius 3 is 2.79 bits per heavy atom. The van der Waals surface area contributed by atoms with Gasteiger partial charge < -0.3 is 19.9 Å². The molecule has 2 aliphatic rings. The van der Waals surface area contributed by atoms with Crippen LogP contribution in [-0.4, -0.2) is 61.2 Å². The standard InChI is InChI=1S/C23H30N4O2/c1-17-5-3-7-22(18(17)2)26-8-10-27(11-9-26)23(28)19-13-20(15-24-14-19)25-16-21-6-4-12-29-21/h3,5,7,13-15,21,25H,4,6,8-12,16H2,1-2H3. The lowest BCUT2D eigenvalue weighted by molar-refractivity contribution is 0.0746. The first-order chi connectivity index (χ1) is 14.1. The fourth-order valence-electron chi connectivity index (χ4n) is 4.10. The van der Waals surface area contributed by atoms with E-state index in [1.165, 1.54) is 16.8 Å².